The predicted molar refractivity (Wildman–Crippen MR) is 111 cm³/mol. The second-order valence-electron chi connectivity index (χ2n) is 7.64. The minimum Gasteiger partial charge on any atom is -0.353 e. The van der Waals surface area contributed by atoms with Gasteiger partial charge < -0.3 is 9.47 Å². The number of nitrogens with zero attached hydrogens (tertiary/aromatic N) is 3. The summed E-state index contributed by atoms with van der Waals surface area (Å²) in [5.41, 5.74) is 1.04. The average molecular weight is 400 g/mol. The minimum atomic E-state index is -3.40. The third-order valence-electron chi connectivity index (χ3n) is 4.56. The summed E-state index contributed by atoms with van der Waals surface area (Å²) < 4.78 is 28.8. The Labute approximate surface area is 165 Å². The van der Waals surface area contributed by atoms with Crippen molar-refractivity contribution >= 4 is 15.9 Å². The number of aromatic nitrogens is 1. The lowest BCUT2D eigenvalue weighted by Gasteiger charge is -2.28. The first-order valence-corrected chi connectivity index (χ1v) is 11.7. The fourth-order valence-electron chi connectivity index (χ4n) is 2.91. The van der Waals surface area contributed by atoms with Gasteiger partial charge in [-0.25, -0.2) is 8.42 Å². The second-order valence-corrected chi connectivity index (χ2v) is 9.72. The van der Waals surface area contributed by atoms with E-state index in [0.717, 1.165) is 25.0 Å². The van der Waals surface area contributed by atoms with E-state index in [9.17, 15) is 13.2 Å². The van der Waals surface area contributed by atoms with Crippen LogP contribution in [0, 0.1) is 5.92 Å². The lowest BCUT2D eigenvalue weighted by atomic mass is 10.2. The fraction of sp³-hybridized carbons (Fsp3) is 0.750. The molecule has 0 N–H and O–H groups in total. The maximum absolute atomic E-state index is 13.0. The summed E-state index contributed by atoms with van der Waals surface area (Å²) in [7, 11) is -1.45. The van der Waals surface area contributed by atoms with E-state index in [0.29, 0.717) is 32.0 Å². The van der Waals surface area contributed by atoms with Crippen LogP contribution in [0.2, 0.25) is 0 Å². The van der Waals surface area contributed by atoms with Crippen LogP contribution in [-0.4, -0.2) is 53.5 Å². The van der Waals surface area contributed by atoms with E-state index in [1.165, 1.54) is 4.31 Å². The summed E-state index contributed by atoms with van der Waals surface area (Å²) in [6.45, 7) is 9.59. The molecule has 1 rings (SSSR count). The Morgan fingerprint density at radius 3 is 2.37 bits per heavy atom. The number of carbonyl (C=O) groups is 1. The summed E-state index contributed by atoms with van der Waals surface area (Å²) in [6.07, 6.45) is 5.06. The average Bonchev–Trinajstić information content (AvgIpc) is 3.00. The Morgan fingerprint density at radius 1 is 1.19 bits per heavy atom. The van der Waals surface area contributed by atoms with Crippen molar-refractivity contribution in [3.63, 3.8) is 0 Å². The Balaban J connectivity index is 2.93. The lowest BCUT2D eigenvalue weighted by Crippen LogP contribution is -2.45. The van der Waals surface area contributed by atoms with Crippen LogP contribution >= 0.6 is 0 Å². The molecule has 0 aliphatic carbocycles. The number of amides is 1. The van der Waals surface area contributed by atoms with Gasteiger partial charge in [-0.2, -0.15) is 4.31 Å². The zero-order chi connectivity index (χ0) is 20.4. The first-order chi connectivity index (χ1) is 12.7. The van der Waals surface area contributed by atoms with E-state index in [4.69, 9.17) is 0 Å². The summed E-state index contributed by atoms with van der Waals surface area (Å²) in [6, 6.07) is 3.95. The number of unbranched alkanes of at least 4 members (excludes halogenated alkanes) is 2. The van der Waals surface area contributed by atoms with Gasteiger partial charge in [0, 0.05) is 32.0 Å². The first kappa shape index (κ1) is 23.7. The van der Waals surface area contributed by atoms with E-state index in [-0.39, 0.29) is 18.2 Å². The molecule has 0 atom stereocenters. The fourth-order valence-corrected chi connectivity index (χ4v) is 4.54. The molecular weight excluding hydrogens is 362 g/mol. The van der Waals surface area contributed by atoms with Gasteiger partial charge >= 0.3 is 0 Å². The molecule has 0 fully saturated rings. The van der Waals surface area contributed by atoms with Crippen LogP contribution in [-0.2, 0) is 28.4 Å². The Kier molecular flexibility index (Phi) is 10.1. The number of rotatable bonds is 13. The van der Waals surface area contributed by atoms with Crippen LogP contribution in [0.25, 0.3) is 0 Å². The zero-order valence-electron chi connectivity index (χ0n) is 17.6. The van der Waals surface area contributed by atoms with E-state index in [1.54, 1.807) is 4.90 Å². The summed E-state index contributed by atoms with van der Waals surface area (Å²) in [4.78, 5) is 14.8. The van der Waals surface area contributed by atoms with Gasteiger partial charge in [0.1, 0.15) is 0 Å². The van der Waals surface area contributed by atoms with Gasteiger partial charge in [-0.05, 0) is 30.9 Å². The quantitative estimate of drug-likeness (QED) is 0.511. The second kappa shape index (κ2) is 11.5. The van der Waals surface area contributed by atoms with Crippen molar-refractivity contribution in [2.75, 3.05) is 25.4 Å². The molecular formula is C20H37N3O3S. The number of hydrogen-bond acceptors (Lipinski definition) is 3. The molecule has 0 aliphatic heterocycles. The predicted octanol–water partition coefficient (Wildman–Crippen LogP) is 3.24. The van der Waals surface area contributed by atoms with Crippen molar-refractivity contribution in [2.24, 2.45) is 13.0 Å². The highest BCUT2D eigenvalue weighted by Crippen LogP contribution is 2.12. The smallest absolute Gasteiger partial charge is 0.238 e. The summed E-state index contributed by atoms with van der Waals surface area (Å²) in [5, 5.41) is 0. The van der Waals surface area contributed by atoms with Crippen molar-refractivity contribution in [3.05, 3.63) is 24.0 Å². The molecule has 0 aliphatic rings. The molecule has 6 nitrogen and oxygen atoms in total. The number of hydrogen-bond donors (Lipinski definition) is 0. The molecule has 1 aromatic rings. The van der Waals surface area contributed by atoms with E-state index < -0.39 is 10.0 Å². The van der Waals surface area contributed by atoms with Crippen LogP contribution in [0.4, 0.5) is 0 Å². The highest BCUT2D eigenvalue weighted by atomic mass is 32.2. The molecule has 0 saturated heterocycles. The maximum atomic E-state index is 13.0. The van der Waals surface area contributed by atoms with Crippen molar-refractivity contribution < 1.29 is 13.2 Å². The van der Waals surface area contributed by atoms with Crippen molar-refractivity contribution in [1.29, 1.82) is 0 Å². The summed E-state index contributed by atoms with van der Waals surface area (Å²) >= 11 is 0. The van der Waals surface area contributed by atoms with Crippen LogP contribution in [0.5, 0.6) is 0 Å². The van der Waals surface area contributed by atoms with Crippen LogP contribution < -0.4 is 0 Å². The molecule has 1 heterocycles. The van der Waals surface area contributed by atoms with Gasteiger partial charge in [0.05, 0.1) is 18.8 Å². The van der Waals surface area contributed by atoms with Gasteiger partial charge in [-0.3, -0.25) is 4.79 Å². The molecule has 156 valence electrons. The van der Waals surface area contributed by atoms with Crippen molar-refractivity contribution in [2.45, 2.75) is 59.9 Å². The van der Waals surface area contributed by atoms with E-state index in [1.807, 2.05) is 43.8 Å². The zero-order valence-corrected chi connectivity index (χ0v) is 18.5. The number of aryl methyl sites for hydroxylation is 1. The maximum Gasteiger partial charge on any atom is 0.238 e. The molecule has 0 radical (unpaired) electrons. The van der Waals surface area contributed by atoms with E-state index >= 15 is 0 Å². The summed E-state index contributed by atoms with van der Waals surface area (Å²) in [5.74, 6) is 0.304. The van der Waals surface area contributed by atoms with Gasteiger partial charge in [-0.1, -0.05) is 40.5 Å². The van der Waals surface area contributed by atoms with Gasteiger partial charge in [0.15, 0.2) is 0 Å². The van der Waals surface area contributed by atoms with Gasteiger partial charge in [0.25, 0.3) is 0 Å². The topological polar surface area (TPSA) is 62.6 Å². The molecule has 0 unspecified atom stereocenters. The molecule has 0 saturated carbocycles. The minimum absolute atomic E-state index is 0.0663. The Morgan fingerprint density at radius 2 is 1.85 bits per heavy atom. The molecule has 1 aromatic heterocycles. The molecule has 0 spiro atoms. The molecule has 0 bridgehead atoms. The van der Waals surface area contributed by atoms with Gasteiger partial charge in [-0.15, -0.1) is 0 Å². The highest BCUT2D eigenvalue weighted by molar-refractivity contribution is 7.89. The Bertz CT molecular complexity index is 668. The Hall–Kier alpha value is -1.34. The standard InChI is InChI=1S/C20H37N3O3S/c1-6-8-13-23(27(25,26)14-9-7-2)17-20(24)22(15-18(3)4)16-19-11-10-12-21(19)5/h10-12,18H,6-9,13-17H2,1-5H3. The van der Waals surface area contributed by atoms with E-state index in [2.05, 4.69) is 13.8 Å². The number of sulfonamides is 1. The first-order valence-electron chi connectivity index (χ1n) is 10.1. The third kappa shape index (κ3) is 8.05. The monoisotopic (exact) mass is 399 g/mol. The van der Waals surface area contributed by atoms with Crippen LogP contribution in [0.15, 0.2) is 18.3 Å². The van der Waals surface area contributed by atoms with Crippen LogP contribution in [0.3, 0.4) is 0 Å². The van der Waals surface area contributed by atoms with Crippen LogP contribution in [0.1, 0.15) is 59.1 Å². The SMILES string of the molecule is CCCCN(CC(=O)N(Cc1cccn1C)CC(C)C)S(=O)(=O)CCCC. The number of carbonyl (C=O) groups excluding carboxylic acids is 1. The van der Waals surface area contributed by atoms with Crippen molar-refractivity contribution in [1.82, 2.24) is 13.8 Å². The lowest BCUT2D eigenvalue weighted by molar-refractivity contribution is -0.132. The van der Waals surface area contributed by atoms with Crippen molar-refractivity contribution in [3.8, 4) is 0 Å². The molecule has 0 aromatic carbocycles. The normalized spacial score (nSPS) is 12.1. The molecule has 1 amide bonds. The highest BCUT2D eigenvalue weighted by Gasteiger charge is 2.26. The third-order valence-corrected chi connectivity index (χ3v) is 6.47. The molecule has 27 heavy (non-hydrogen) atoms. The molecule has 7 heteroatoms. The van der Waals surface area contributed by atoms with Gasteiger partial charge in [0.2, 0.25) is 15.9 Å². The largest absolute Gasteiger partial charge is 0.353 e.